The van der Waals surface area contributed by atoms with E-state index in [4.69, 9.17) is 4.42 Å². The molecule has 5 rings (SSSR count). The molecule has 0 unspecified atom stereocenters. The minimum atomic E-state index is -0.482. The second-order valence-electron chi connectivity index (χ2n) is 6.55. The molecule has 3 aromatic rings. The molecule has 2 aromatic heterocycles. The largest absolute Gasteiger partial charge is 0.469 e. The number of aromatic nitrogens is 3. The van der Waals surface area contributed by atoms with Gasteiger partial charge in [-0.15, -0.1) is 0 Å². The third-order valence-corrected chi connectivity index (χ3v) is 4.97. The van der Waals surface area contributed by atoms with E-state index < -0.39 is 6.04 Å². The van der Waals surface area contributed by atoms with Crippen molar-refractivity contribution in [1.82, 2.24) is 14.8 Å². The summed E-state index contributed by atoms with van der Waals surface area (Å²) in [4.78, 5) is 17.3. The Morgan fingerprint density at radius 3 is 2.96 bits per heavy atom. The highest BCUT2D eigenvalue weighted by atomic mass is 19.1. The zero-order chi connectivity index (χ0) is 17.7. The van der Waals surface area contributed by atoms with Crippen LogP contribution in [0.3, 0.4) is 0 Å². The Hall–Kier alpha value is -3.22. The average molecular weight is 350 g/mol. The van der Waals surface area contributed by atoms with Gasteiger partial charge in [0.15, 0.2) is 5.78 Å². The first-order valence-corrected chi connectivity index (χ1v) is 8.42. The number of hydrogen-bond donors (Lipinski definition) is 1. The van der Waals surface area contributed by atoms with Crippen LogP contribution in [0.5, 0.6) is 0 Å². The lowest BCUT2D eigenvalue weighted by Gasteiger charge is -2.34. The maximum absolute atomic E-state index is 13.8. The number of nitrogens with one attached hydrogen (secondary N) is 1. The molecular weight excluding hydrogens is 335 g/mol. The third kappa shape index (κ3) is 2.28. The van der Waals surface area contributed by atoms with Crippen molar-refractivity contribution < 1.29 is 13.6 Å². The van der Waals surface area contributed by atoms with Crippen molar-refractivity contribution in [3.8, 4) is 0 Å². The molecule has 130 valence electrons. The van der Waals surface area contributed by atoms with Crippen LogP contribution in [0.4, 0.5) is 10.3 Å². The fourth-order valence-electron chi connectivity index (χ4n) is 3.86. The van der Waals surface area contributed by atoms with Crippen LogP contribution in [-0.4, -0.2) is 20.5 Å². The van der Waals surface area contributed by atoms with Crippen molar-refractivity contribution in [3.63, 3.8) is 0 Å². The van der Waals surface area contributed by atoms with E-state index >= 15 is 0 Å². The summed E-state index contributed by atoms with van der Waals surface area (Å²) in [5.41, 5.74) is 2.10. The summed E-state index contributed by atoms with van der Waals surface area (Å²) >= 11 is 0. The summed E-state index contributed by atoms with van der Waals surface area (Å²) in [5, 5.41) is 7.48. The second kappa shape index (κ2) is 5.66. The molecule has 0 amide bonds. The number of allylic oxidation sites excluding steroid dienone is 2. The van der Waals surface area contributed by atoms with E-state index in [1.807, 2.05) is 12.1 Å². The monoisotopic (exact) mass is 350 g/mol. The highest BCUT2D eigenvalue weighted by molar-refractivity contribution is 6.00. The fourth-order valence-corrected chi connectivity index (χ4v) is 3.86. The number of fused-ring (bicyclic) bond motifs is 1. The quantitative estimate of drug-likeness (QED) is 0.767. The first-order valence-electron chi connectivity index (χ1n) is 8.42. The summed E-state index contributed by atoms with van der Waals surface area (Å²) in [6.45, 7) is 0. The number of anilines is 1. The molecule has 0 saturated heterocycles. The lowest BCUT2D eigenvalue weighted by atomic mass is 9.79. The van der Waals surface area contributed by atoms with Crippen molar-refractivity contribution in [3.05, 3.63) is 77.4 Å². The minimum absolute atomic E-state index is 0.00978. The SMILES string of the molecule is O=C1C[C@H](c2ccco2)CC2=C1[C@@H](c1cccc(F)c1)n1ncnc1N2. The van der Waals surface area contributed by atoms with E-state index in [1.165, 1.54) is 18.5 Å². The van der Waals surface area contributed by atoms with Gasteiger partial charge in [-0.05, 0) is 36.2 Å². The van der Waals surface area contributed by atoms with Gasteiger partial charge in [0.05, 0.1) is 6.26 Å². The lowest BCUT2D eigenvalue weighted by molar-refractivity contribution is -0.117. The van der Waals surface area contributed by atoms with E-state index in [0.717, 1.165) is 11.5 Å². The van der Waals surface area contributed by atoms with Gasteiger partial charge < -0.3 is 9.73 Å². The topological polar surface area (TPSA) is 73.0 Å². The number of carbonyl (C=O) groups is 1. The molecule has 0 bridgehead atoms. The molecule has 3 heterocycles. The smallest absolute Gasteiger partial charge is 0.226 e. The molecule has 0 spiro atoms. The van der Waals surface area contributed by atoms with Gasteiger partial charge in [-0.25, -0.2) is 9.07 Å². The molecule has 0 fully saturated rings. The highest BCUT2D eigenvalue weighted by Gasteiger charge is 2.39. The van der Waals surface area contributed by atoms with Gasteiger partial charge in [0.25, 0.3) is 0 Å². The van der Waals surface area contributed by atoms with Crippen molar-refractivity contribution in [2.75, 3.05) is 5.32 Å². The van der Waals surface area contributed by atoms with Crippen LogP contribution in [0, 0.1) is 5.82 Å². The number of nitrogens with zero attached hydrogens (tertiary/aromatic N) is 3. The Balaban J connectivity index is 1.63. The molecule has 26 heavy (non-hydrogen) atoms. The standard InChI is InChI=1S/C19H15FN4O2/c20-13-4-1-3-11(7-13)18-17-14(23-19-21-10-22-24(18)19)8-12(9-15(17)25)16-5-2-6-26-16/h1-7,10,12,18H,8-9H2,(H,21,22,23)/t12-,18-/m1/s1. The number of halogens is 1. The maximum atomic E-state index is 13.8. The molecule has 1 aromatic carbocycles. The normalized spacial score (nSPS) is 22.0. The zero-order valence-corrected chi connectivity index (χ0v) is 13.7. The second-order valence-corrected chi connectivity index (χ2v) is 6.55. The Bertz CT molecular complexity index is 1020. The van der Waals surface area contributed by atoms with Crippen LogP contribution in [0.25, 0.3) is 0 Å². The predicted octanol–water partition coefficient (Wildman–Crippen LogP) is 3.43. The average Bonchev–Trinajstić information content (AvgIpc) is 3.31. The molecular formula is C19H15FN4O2. The van der Waals surface area contributed by atoms with E-state index in [0.29, 0.717) is 29.9 Å². The molecule has 1 aliphatic carbocycles. The molecule has 2 atom stereocenters. The van der Waals surface area contributed by atoms with Gasteiger partial charge in [0.1, 0.15) is 23.9 Å². The number of carbonyl (C=O) groups excluding carboxylic acids is 1. The number of ketones is 1. The van der Waals surface area contributed by atoms with Crippen LogP contribution in [0.15, 0.2) is 64.7 Å². The number of furan rings is 1. The maximum Gasteiger partial charge on any atom is 0.226 e. The van der Waals surface area contributed by atoms with E-state index in [9.17, 15) is 9.18 Å². The Morgan fingerprint density at radius 1 is 1.23 bits per heavy atom. The third-order valence-electron chi connectivity index (χ3n) is 4.97. The molecule has 6 nitrogen and oxygen atoms in total. The van der Waals surface area contributed by atoms with Crippen molar-refractivity contribution in [2.45, 2.75) is 24.8 Å². The summed E-state index contributed by atoms with van der Waals surface area (Å²) in [6, 6.07) is 9.51. The number of rotatable bonds is 2. The minimum Gasteiger partial charge on any atom is -0.469 e. The van der Waals surface area contributed by atoms with Crippen molar-refractivity contribution in [2.24, 2.45) is 0 Å². The first-order chi connectivity index (χ1) is 12.7. The molecule has 0 radical (unpaired) electrons. The van der Waals surface area contributed by atoms with E-state index in [1.54, 1.807) is 23.1 Å². The molecule has 1 N–H and O–H groups in total. The van der Waals surface area contributed by atoms with Gasteiger partial charge in [0, 0.05) is 23.6 Å². The van der Waals surface area contributed by atoms with Crippen LogP contribution < -0.4 is 5.32 Å². The Morgan fingerprint density at radius 2 is 2.15 bits per heavy atom. The van der Waals surface area contributed by atoms with Gasteiger partial charge in [-0.3, -0.25) is 4.79 Å². The summed E-state index contributed by atoms with van der Waals surface area (Å²) in [6.07, 6.45) is 4.03. The fraction of sp³-hybridized carbons (Fsp3) is 0.211. The number of Topliss-reactive ketones (excluding diaryl/α,β-unsaturated/α-hetero) is 1. The van der Waals surface area contributed by atoms with Crippen LogP contribution >= 0.6 is 0 Å². The van der Waals surface area contributed by atoms with Crippen molar-refractivity contribution >= 4 is 11.7 Å². The van der Waals surface area contributed by atoms with Crippen LogP contribution in [0.2, 0.25) is 0 Å². The molecule has 0 saturated carbocycles. The molecule has 7 heteroatoms. The number of benzene rings is 1. The predicted molar refractivity (Wildman–Crippen MR) is 90.9 cm³/mol. The van der Waals surface area contributed by atoms with Gasteiger partial charge in [-0.2, -0.15) is 10.1 Å². The first kappa shape index (κ1) is 15.1. The molecule has 2 aliphatic rings. The van der Waals surface area contributed by atoms with Gasteiger partial charge >= 0.3 is 0 Å². The zero-order valence-electron chi connectivity index (χ0n) is 13.7. The van der Waals surface area contributed by atoms with Crippen LogP contribution in [0.1, 0.15) is 36.1 Å². The van der Waals surface area contributed by atoms with E-state index in [-0.39, 0.29) is 17.5 Å². The highest BCUT2D eigenvalue weighted by Crippen LogP contribution is 2.43. The number of hydrogen-bond acceptors (Lipinski definition) is 5. The van der Waals surface area contributed by atoms with Gasteiger partial charge in [-0.1, -0.05) is 12.1 Å². The lowest BCUT2D eigenvalue weighted by Crippen LogP contribution is -2.33. The summed E-state index contributed by atoms with van der Waals surface area (Å²) < 4.78 is 21.0. The summed E-state index contributed by atoms with van der Waals surface area (Å²) in [5.74, 6) is 0.982. The van der Waals surface area contributed by atoms with Gasteiger partial charge in [0.2, 0.25) is 5.95 Å². The van der Waals surface area contributed by atoms with Crippen LogP contribution in [-0.2, 0) is 4.79 Å². The summed E-state index contributed by atoms with van der Waals surface area (Å²) in [7, 11) is 0. The van der Waals surface area contributed by atoms with E-state index in [2.05, 4.69) is 15.4 Å². The Kier molecular flexibility index (Phi) is 3.28. The van der Waals surface area contributed by atoms with Crippen molar-refractivity contribution in [1.29, 1.82) is 0 Å². The molecule has 1 aliphatic heterocycles. The Labute approximate surface area is 148 Å².